The van der Waals surface area contributed by atoms with Gasteiger partial charge in [0.2, 0.25) is 0 Å². The third-order valence-corrected chi connectivity index (χ3v) is 1.78. The lowest BCUT2D eigenvalue weighted by atomic mass is 10.3. The molecule has 1 rings (SSSR count). The molecule has 0 spiro atoms. The fraction of sp³-hybridized carbons (Fsp3) is 0.0909. The standard InChI is InChI=1S/C11H12FN3O/c1-8(16)6-11(15-13)7-14-10-4-2-9(12)3-5-10/h2-5,7,13-14,16H,1,6H2/b11-7-,15-13?. The zero-order valence-corrected chi connectivity index (χ0v) is 8.57. The minimum absolute atomic E-state index is 0.0665. The summed E-state index contributed by atoms with van der Waals surface area (Å²) in [5, 5.41) is 15.0. The predicted octanol–water partition coefficient (Wildman–Crippen LogP) is 3.57. The van der Waals surface area contributed by atoms with Crippen molar-refractivity contribution in [2.45, 2.75) is 6.42 Å². The van der Waals surface area contributed by atoms with Gasteiger partial charge < -0.3 is 10.4 Å². The Balaban J connectivity index is 2.66. The van der Waals surface area contributed by atoms with Gasteiger partial charge in [-0.2, -0.15) is 5.11 Å². The van der Waals surface area contributed by atoms with Gasteiger partial charge >= 0.3 is 0 Å². The molecule has 0 amide bonds. The van der Waals surface area contributed by atoms with Crippen LogP contribution < -0.4 is 5.32 Å². The minimum Gasteiger partial charge on any atom is -0.513 e. The summed E-state index contributed by atoms with van der Waals surface area (Å²) in [4.78, 5) is 0. The number of hydrogen-bond acceptors (Lipinski definition) is 4. The lowest BCUT2D eigenvalue weighted by molar-refractivity contribution is 0.400. The summed E-state index contributed by atoms with van der Waals surface area (Å²) >= 11 is 0. The maximum atomic E-state index is 12.6. The molecule has 0 saturated carbocycles. The van der Waals surface area contributed by atoms with Gasteiger partial charge in [0.25, 0.3) is 0 Å². The van der Waals surface area contributed by atoms with Gasteiger partial charge in [0.1, 0.15) is 5.82 Å². The van der Waals surface area contributed by atoms with Crippen LogP contribution in [0.1, 0.15) is 6.42 Å². The van der Waals surface area contributed by atoms with E-state index in [0.29, 0.717) is 11.4 Å². The maximum absolute atomic E-state index is 12.6. The first kappa shape index (κ1) is 11.9. The Morgan fingerprint density at radius 3 is 2.62 bits per heavy atom. The summed E-state index contributed by atoms with van der Waals surface area (Å²) in [6.45, 7) is 3.30. The van der Waals surface area contributed by atoms with E-state index in [1.54, 1.807) is 12.1 Å². The molecule has 0 fully saturated rings. The Bertz CT molecular complexity index is 412. The number of halogens is 1. The van der Waals surface area contributed by atoms with Gasteiger partial charge in [0.05, 0.1) is 11.5 Å². The first-order chi connectivity index (χ1) is 7.61. The van der Waals surface area contributed by atoms with E-state index in [9.17, 15) is 4.39 Å². The summed E-state index contributed by atoms with van der Waals surface area (Å²) in [6, 6.07) is 5.75. The van der Waals surface area contributed by atoms with Gasteiger partial charge in [-0.05, 0) is 24.3 Å². The first-order valence-corrected chi connectivity index (χ1v) is 4.57. The van der Waals surface area contributed by atoms with E-state index in [2.05, 4.69) is 17.0 Å². The van der Waals surface area contributed by atoms with Crippen molar-refractivity contribution in [3.05, 3.63) is 54.3 Å². The van der Waals surface area contributed by atoms with E-state index in [4.69, 9.17) is 10.6 Å². The Morgan fingerprint density at radius 1 is 1.50 bits per heavy atom. The summed E-state index contributed by atoms with van der Waals surface area (Å²) in [5.74, 6) is -0.383. The summed E-state index contributed by atoms with van der Waals surface area (Å²) < 4.78 is 12.6. The zero-order chi connectivity index (χ0) is 12.0. The Hall–Kier alpha value is -2.17. The highest BCUT2D eigenvalue weighted by Gasteiger charge is 1.97. The van der Waals surface area contributed by atoms with Crippen LogP contribution in [0.4, 0.5) is 10.1 Å². The number of benzene rings is 1. The molecule has 0 aliphatic rings. The van der Waals surface area contributed by atoms with E-state index in [0.717, 1.165) is 0 Å². The Labute approximate surface area is 92.6 Å². The maximum Gasteiger partial charge on any atom is 0.123 e. The molecule has 1 aromatic rings. The molecule has 0 aromatic heterocycles. The molecule has 0 aliphatic heterocycles. The van der Waals surface area contributed by atoms with Crippen LogP contribution in [-0.2, 0) is 0 Å². The summed E-state index contributed by atoms with van der Waals surface area (Å²) in [6.07, 6.45) is 1.57. The van der Waals surface area contributed by atoms with Crippen LogP contribution in [0.25, 0.3) is 0 Å². The van der Waals surface area contributed by atoms with Crippen LogP contribution in [0.3, 0.4) is 0 Å². The Morgan fingerprint density at radius 2 is 2.12 bits per heavy atom. The molecule has 0 atom stereocenters. The van der Waals surface area contributed by atoms with Crippen LogP contribution >= 0.6 is 0 Å². The summed E-state index contributed by atoms with van der Waals surface area (Å²) in [5.41, 5.74) is 7.86. The molecule has 0 heterocycles. The molecular formula is C11H12FN3O. The molecule has 0 unspecified atom stereocenters. The second kappa shape index (κ2) is 5.65. The van der Waals surface area contributed by atoms with Gasteiger partial charge in [-0.25, -0.2) is 9.92 Å². The number of aliphatic hydroxyl groups is 1. The molecule has 0 radical (unpaired) electrons. The second-order valence-corrected chi connectivity index (χ2v) is 3.14. The monoisotopic (exact) mass is 221 g/mol. The van der Waals surface area contributed by atoms with Gasteiger partial charge in [0, 0.05) is 18.3 Å². The minimum atomic E-state index is -0.316. The molecular weight excluding hydrogens is 209 g/mol. The lowest BCUT2D eigenvalue weighted by Gasteiger charge is -2.02. The van der Waals surface area contributed by atoms with Crippen molar-refractivity contribution in [1.82, 2.24) is 0 Å². The highest BCUT2D eigenvalue weighted by Crippen LogP contribution is 2.12. The quantitative estimate of drug-likeness (QED) is 0.525. The molecule has 4 nitrogen and oxygen atoms in total. The van der Waals surface area contributed by atoms with Gasteiger partial charge in [-0.3, -0.25) is 0 Å². The van der Waals surface area contributed by atoms with Gasteiger partial charge in [-0.15, -0.1) is 0 Å². The molecule has 16 heavy (non-hydrogen) atoms. The van der Waals surface area contributed by atoms with Crippen LogP contribution in [0.2, 0.25) is 0 Å². The average molecular weight is 221 g/mol. The number of nitrogens with zero attached hydrogens (tertiary/aromatic N) is 1. The predicted molar refractivity (Wildman–Crippen MR) is 59.6 cm³/mol. The molecule has 5 heteroatoms. The molecule has 0 saturated heterocycles. The van der Waals surface area contributed by atoms with Crippen molar-refractivity contribution in [1.29, 1.82) is 5.53 Å². The first-order valence-electron chi connectivity index (χ1n) is 4.57. The average Bonchev–Trinajstić information content (AvgIpc) is 2.26. The van der Waals surface area contributed by atoms with Crippen molar-refractivity contribution in [2.24, 2.45) is 5.11 Å². The Kier molecular flexibility index (Phi) is 4.20. The SMILES string of the molecule is C=C(O)C/C(=C/Nc1ccc(F)cc1)N=N. The van der Waals surface area contributed by atoms with E-state index >= 15 is 0 Å². The highest BCUT2D eigenvalue weighted by atomic mass is 19.1. The van der Waals surface area contributed by atoms with Crippen LogP contribution in [-0.4, -0.2) is 5.11 Å². The number of anilines is 1. The van der Waals surface area contributed by atoms with Crippen LogP contribution in [0, 0.1) is 11.3 Å². The van der Waals surface area contributed by atoms with E-state index in [1.807, 2.05) is 0 Å². The number of hydrogen-bond donors (Lipinski definition) is 3. The lowest BCUT2D eigenvalue weighted by Crippen LogP contribution is -1.91. The molecule has 3 N–H and O–H groups in total. The number of rotatable bonds is 5. The fourth-order valence-corrected chi connectivity index (χ4v) is 1.04. The van der Waals surface area contributed by atoms with E-state index in [1.165, 1.54) is 18.3 Å². The van der Waals surface area contributed by atoms with Crippen molar-refractivity contribution in [3.8, 4) is 0 Å². The largest absolute Gasteiger partial charge is 0.513 e. The molecule has 1 aromatic carbocycles. The van der Waals surface area contributed by atoms with Crippen molar-refractivity contribution < 1.29 is 9.50 Å². The highest BCUT2D eigenvalue weighted by molar-refractivity contribution is 5.45. The smallest absolute Gasteiger partial charge is 0.123 e. The van der Waals surface area contributed by atoms with Gasteiger partial charge in [0.15, 0.2) is 0 Å². The van der Waals surface area contributed by atoms with Gasteiger partial charge in [-0.1, -0.05) is 6.58 Å². The molecule has 84 valence electrons. The molecule has 0 bridgehead atoms. The van der Waals surface area contributed by atoms with Crippen molar-refractivity contribution in [3.63, 3.8) is 0 Å². The van der Waals surface area contributed by atoms with Crippen LogP contribution in [0.5, 0.6) is 0 Å². The second-order valence-electron chi connectivity index (χ2n) is 3.14. The number of nitrogens with one attached hydrogen (secondary N) is 2. The normalized spacial score (nSPS) is 10.9. The zero-order valence-electron chi connectivity index (χ0n) is 8.57. The number of aliphatic hydroxyl groups excluding tert-OH is 1. The van der Waals surface area contributed by atoms with Crippen molar-refractivity contribution in [2.75, 3.05) is 5.32 Å². The van der Waals surface area contributed by atoms with E-state index < -0.39 is 0 Å². The molecule has 0 aliphatic carbocycles. The third kappa shape index (κ3) is 3.91. The fourth-order valence-electron chi connectivity index (χ4n) is 1.04. The topological polar surface area (TPSA) is 68.5 Å². The third-order valence-electron chi connectivity index (χ3n) is 1.78. The van der Waals surface area contributed by atoms with Crippen molar-refractivity contribution >= 4 is 5.69 Å². The van der Waals surface area contributed by atoms with Crippen LogP contribution in [0.15, 0.2) is 53.6 Å². The summed E-state index contributed by atoms with van der Waals surface area (Å²) in [7, 11) is 0. The van der Waals surface area contributed by atoms with E-state index in [-0.39, 0.29) is 18.0 Å².